The number of carbonyl (C=O) groups is 1. The quantitative estimate of drug-likeness (QED) is 0.769. The summed E-state index contributed by atoms with van der Waals surface area (Å²) in [7, 11) is 4.03. The molecule has 2 aliphatic rings. The zero-order chi connectivity index (χ0) is 20.2. The van der Waals surface area contributed by atoms with Gasteiger partial charge in [0.25, 0.3) is 5.91 Å². The van der Waals surface area contributed by atoms with Gasteiger partial charge in [-0.2, -0.15) is 16.9 Å². The van der Waals surface area contributed by atoms with E-state index in [0.717, 1.165) is 42.3 Å². The van der Waals surface area contributed by atoms with Crippen molar-refractivity contribution >= 4 is 34.5 Å². The van der Waals surface area contributed by atoms with Crippen LogP contribution in [0.1, 0.15) is 42.7 Å². The molecule has 0 radical (unpaired) electrons. The molecule has 2 aromatic heterocycles. The fourth-order valence-corrected chi connectivity index (χ4v) is 5.15. The molecule has 1 saturated heterocycles. The Morgan fingerprint density at radius 2 is 2.00 bits per heavy atom. The van der Waals surface area contributed by atoms with Crippen LogP contribution in [-0.2, 0) is 7.05 Å². The molecule has 1 N–H and O–H groups in total. The second-order valence-corrected chi connectivity index (χ2v) is 9.26. The SMILES string of the molecule is CN(CCNC(=O)c1nc(N2CCSCC2)c2cn(C)nc2n1)C1CCCCC1. The molecule has 1 aliphatic heterocycles. The maximum absolute atomic E-state index is 12.8. The highest BCUT2D eigenvalue weighted by Crippen LogP contribution is 2.25. The van der Waals surface area contributed by atoms with Gasteiger partial charge in [0.15, 0.2) is 5.65 Å². The van der Waals surface area contributed by atoms with Crippen LogP contribution < -0.4 is 10.2 Å². The van der Waals surface area contributed by atoms with Gasteiger partial charge in [-0.05, 0) is 19.9 Å². The smallest absolute Gasteiger partial charge is 0.289 e. The Bertz CT molecular complexity index is 843. The summed E-state index contributed by atoms with van der Waals surface area (Å²) in [6.07, 6.45) is 8.45. The zero-order valence-corrected chi connectivity index (χ0v) is 18.2. The Hall–Kier alpha value is -1.87. The summed E-state index contributed by atoms with van der Waals surface area (Å²) in [5, 5.41) is 8.34. The summed E-state index contributed by atoms with van der Waals surface area (Å²) in [4.78, 5) is 26.5. The highest BCUT2D eigenvalue weighted by molar-refractivity contribution is 7.99. The predicted molar refractivity (Wildman–Crippen MR) is 118 cm³/mol. The fraction of sp³-hybridized carbons (Fsp3) is 0.700. The Kier molecular flexibility index (Phi) is 6.54. The molecule has 8 nitrogen and oxygen atoms in total. The topological polar surface area (TPSA) is 79.2 Å². The molecule has 1 aliphatic carbocycles. The lowest BCUT2D eigenvalue weighted by atomic mass is 9.94. The summed E-state index contributed by atoms with van der Waals surface area (Å²) < 4.78 is 1.74. The molecule has 3 heterocycles. The average molecular weight is 418 g/mol. The van der Waals surface area contributed by atoms with Gasteiger partial charge >= 0.3 is 0 Å². The number of hydrogen-bond acceptors (Lipinski definition) is 7. The molecule has 4 rings (SSSR count). The zero-order valence-electron chi connectivity index (χ0n) is 17.4. The molecule has 0 bridgehead atoms. The van der Waals surface area contributed by atoms with Crippen molar-refractivity contribution < 1.29 is 4.79 Å². The van der Waals surface area contributed by atoms with Crippen molar-refractivity contribution in [3.63, 3.8) is 0 Å². The van der Waals surface area contributed by atoms with Crippen LogP contribution in [0.2, 0.25) is 0 Å². The first-order valence-electron chi connectivity index (χ1n) is 10.6. The summed E-state index contributed by atoms with van der Waals surface area (Å²) in [5.41, 5.74) is 0.584. The number of thioether (sulfide) groups is 1. The van der Waals surface area contributed by atoms with Crippen LogP contribution >= 0.6 is 11.8 Å². The number of anilines is 1. The molecule has 1 saturated carbocycles. The minimum absolute atomic E-state index is 0.213. The maximum Gasteiger partial charge on any atom is 0.289 e. The number of amides is 1. The van der Waals surface area contributed by atoms with Crippen molar-refractivity contribution in [3.8, 4) is 0 Å². The van der Waals surface area contributed by atoms with Gasteiger partial charge in [0.1, 0.15) is 5.82 Å². The Morgan fingerprint density at radius 1 is 1.24 bits per heavy atom. The number of nitrogens with zero attached hydrogens (tertiary/aromatic N) is 6. The molecule has 158 valence electrons. The number of aromatic nitrogens is 4. The van der Waals surface area contributed by atoms with Gasteiger partial charge in [0.05, 0.1) is 5.39 Å². The lowest BCUT2D eigenvalue weighted by molar-refractivity contribution is 0.0934. The van der Waals surface area contributed by atoms with E-state index in [0.29, 0.717) is 18.2 Å². The second kappa shape index (κ2) is 9.30. The van der Waals surface area contributed by atoms with E-state index in [1.807, 2.05) is 25.0 Å². The van der Waals surface area contributed by atoms with Gasteiger partial charge in [-0.1, -0.05) is 19.3 Å². The van der Waals surface area contributed by atoms with Crippen LogP contribution in [0, 0.1) is 0 Å². The van der Waals surface area contributed by atoms with Gasteiger partial charge in [-0.15, -0.1) is 0 Å². The minimum Gasteiger partial charge on any atom is -0.354 e. The van der Waals surface area contributed by atoms with Crippen LogP contribution in [0.15, 0.2) is 6.20 Å². The van der Waals surface area contributed by atoms with Crippen molar-refractivity contribution in [1.82, 2.24) is 30.0 Å². The molecule has 0 aromatic carbocycles. The van der Waals surface area contributed by atoms with Gasteiger partial charge in [-0.3, -0.25) is 9.48 Å². The van der Waals surface area contributed by atoms with Crippen molar-refractivity contribution in [1.29, 1.82) is 0 Å². The molecule has 1 amide bonds. The Labute approximate surface area is 176 Å². The summed E-state index contributed by atoms with van der Waals surface area (Å²) in [6.45, 7) is 3.31. The summed E-state index contributed by atoms with van der Waals surface area (Å²) in [5.74, 6) is 2.96. The van der Waals surface area contributed by atoms with E-state index < -0.39 is 0 Å². The van der Waals surface area contributed by atoms with E-state index in [1.54, 1.807) is 4.68 Å². The summed E-state index contributed by atoms with van der Waals surface area (Å²) >= 11 is 1.95. The minimum atomic E-state index is -0.220. The number of carbonyl (C=O) groups excluding carboxylic acids is 1. The van der Waals surface area contributed by atoms with Crippen LogP contribution in [0.25, 0.3) is 11.0 Å². The van der Waals surface area contributed by atoms with E-state index in [9.17, 15) is 4.79 Å². The molecular formula is C20H31N7OS. The highest BCUT2D eigenvalue weighted by Gasteiger charge is 2.22. The van der Waals surface area contributed by atoms with Crippen molar-refractivity contribution in [2.24, 2.45) is 7.05 Å². The first kappa shape index (κ1) is 20.4. The lowest BCUT2D eigenvalue weighted by Crippen LogP contribution is -2.40. The molecule has 29 heavy (non-hydrogen) atoms. The monoisotopic (exact) mass is 417 g/mol. The molecule has 2 fully saturated rings. The standard InChI is InChI=1S/C20H31N7OS/c1-25(15-6-4-3-5-7-15)9-8-21-20(28)18-22-17-16(14-26(2)24-17)19(23-18)27-10-12-29-13-11-27/h14-15H,3-13H2,1-2H3,(H,21,28). The molecule has 0 atom stereocenters. The largest absolute Gasteiger partial charge is 0.354 e. The highest BCUT2D eigenvalue weighted by atomic mass is 32.2. The Morgan fingerprint density at radius 3 is 2.76 bits per heavy atom. The first-order chi connectivity index (χ1) is 14.1. The van der Waals surface area contributed by atoms with Gasteiger partial charge in [0, 0.05) is 57.0 Å². The third kappa shape index (κ3) is 4.83. The van der Waals surface area contributed by atoms with E-state index in [2.05, 4.69) is 37.2 Å². The molecule has 9 heteroatoms. The molecule has 0 unspecified atom stereocenters. The van der Waals surface area contributed by atoms with E-state index >= 15 is 0 Å². The maximum atomic E-state index is 12.8. The normalized spacial score (nSPS) is 18.5. The molecule has 0 spiro atoms. The van der Waals surface area contributed by atoms with Crippen LogP contribution in [0.5, 0.6) is 0 Å². The van der Waals surface area contributed by atoms with E-state index in [1.165, 1.54) is 32.1 Å². The fourth-order valence-electron chi connectivity index (χ4n) is 4.25. The van der Waals surface area contributed by atoms with Crippen molar-refractivity contribution in [2.45, 2.75) is 38.1 Å². The van der Waals surface area contributed by atoms with Crippen LogP contribution in [0.4, 0.5) is 5.82 Å². The lowest BCUT2D eigenvalue weighted by Gasteiger charge is -2.31. The second-order valence-electron chi connectivity index (χ2n) is 8.04. The molecule has 2 aromatic rings. The number of aryl methyl sites for hydroxylation is 1. The number of likely N-dealkylation sites (N-methyl/N-ethyl adjacent to an activating group) is 1. The summed E-state index contributed by atoms with van der Waals surface area (Å²) in [6, 6.07) is 0.644. The van der Waals surface area contributed by atoms with Gasteiger partial charge in [-0.25, -0.2) is 9.97 Å². The van der Waals surface area contributed by atoms with Gasteiger partial charge in [0.2, 0.25) is 5.82 Å². The van der Waals surface area contributed by atoms with E-state index in [-0.39, 0.29) is 11.7 Å². The third-order valence-electron chi connectivity index (χ3n) is 5.94. The molecular weight excluding hydrogens is 386 g/mol. The van der Waals surface area contributed by atoms with Crippen LogP contribution in [0.3, 0.4) is 0 Å². The number of fused-ring (bicyclic) bond motifs is 1. The Balaban J connectivity index is 1.44. The number of nitrogens with one attached hydrogen (secondary N) is 1. The van der Waals surface area contributed by atoms with Crippen molar-refractivity contribution in [3.05, 3.63) is 12.0 Å². The van der Waals surface area contributed by atoms with E-state index in [4.69, 9.17) is 0 Å². The number of hydrogen-bond donors (Lipinski definition) is 1. The average Bonchev–Trinajstić information content (AvgIpc) is 3.14. The third-order valence-corrected chi connectivity index (χ3v) is 6.88. The van der Waals surface area contributed by atoms with Gasteiger partial charge < -0.3 is 15.1 Å². The predicted octanol–water partition coefficient (Wildman–Crippen LogP) is 1.91. The van der Waals surface area contributed by atoms with Crippen molar-refractivity contribution in [2.75, 3.05) is 49.6 Å². The number of rotatable bonds is 6. The first-order valence-corrected chi connectivity index (χ1v) is 11.8. The van der Waals surface area contributed by atoms with Crippen LogP contribution in [-0.4, -0.2) is 81.3 Å².